The van der Waals surface area contributed by atoms with Crippen molar-refractivity contribution in [1.82, 2.24) is 0 Å². The molecule has 0 saturated heterocycles. The van der Waals surface area contributed by atoms with Crippen LogP contribution < -0.4 is 9.47 Å². The Morgan fingerprint density at radius 1 is 1.17 bits per heavy atom. The van der Waals surface area contributed by atoms with Crippen LogP contribution in [0.25, 0.3) is 6.08 Å². The van der Waals surface area contributed by atoms with Gasteiger partial charge in [-0.05, 0) is 23.8 Å². The van der Waals surface area contributed by atoms with Gasteiger partial charge in [0.05, 0.1) is 5.56 Å². The largest absolute Gasteiger partial charge is 0.452 e. The Balaban J connectivity index is 1.76. The lowest BCUT2D eigenvalue weighted by Gasteiger charge is -2.03. The zero-order chi connectivity index (χ0) is 16.9. The van der Waals surface area contributed by atoms with Gasteiger partial charge < -0.3 is 9.47 Å². The highest BCUT2D eigenvalue weighted by molar-refractivity contribution is 6.12. The van der Waals surface area contributed by atoms with Gasteiger partial charge in [0.2, 0.25) is 5.78 Å². The van der Waals surface area contributed by atoms with Gasteiger partial charge in [-0.3, -0.25) is 9.59 Å². The van der Waals surface area contributed by atoms with Crippen LogP contribution in [0.15, 0.2) is 66.4 Å². The first-order chi connectivity index (χ1) is 11.7. The first-order valence-electron chi connectivity index (χ1n) is 7.68. The molecule has 0 saturated carbocycles. The number of hydrogen-bond acceptors (Lipinski definition) is 4. The highest BCUT2D eigenvalue weighted by Crippen LogP contribution is 2.34. The number of fused-ring (bicyclic) bond motifs is 1. The Bertz CT molecular complexity index is 832. The molecule has 2 aromatic rings. The summed E-state index contributed by atoms with van der Waals surface area (Å²) in [5, 5.41) is 0. The molecule has 0 amide bonds. The molecule has 1 heterocycles. The summed E-state index contributed by atoms with van der Waals surface area (Å²) in [6.07, 6.45) is 5.58. The van der Waals surface area contributed by atoms with Gasteiger partial charge in [0.25, 0.3) is 0 Å². The van der Waals surface area contributed by atoms with Crippen molar-refractivity contribution in [3.05, 3.63) is 77.6 Å². The minimum Gasteiger partial charge on any atom is -0.452 e. The number of ketones is 1. The minimum absolute atomic E-state index is 0.184. The Hall–Kier alpha value is -3.14. The number of benzene rings is 2. The molecule has 1 aliphatic rings. The molecule has 1 aliphatic heterocycles. The molecule has 3 rings (SSSR count). The normalized spacial score (nSPS) is 14.7. The molecule has 120 valence electrons. The molecule has 0 bridgehead atoms. The molecule has 0 aliphatic carbocycles. The number of Topliss-reactive ketones (excluding diaryl/α,β-unsaturated/α-hetero) is 1. The molecule has 0 N–H and O–H groups in total. The van der Waals surface area contributed by atoms with Crippen LogP contribution in [0.1, 0.15) is 29.3 Å². The van der Waals surface area contributed by atoms with E-state index in [9.17, 15) is 9.59 Å². The Labute approximate surface area is 140 Å². The summed E-state index contributed by atoms with van der Waals surface area (Å²) in [6.45, 7) is 1.72. The van der Waals surface area contributed by atoms with Crippen LogP contribution in [0.2, 0.25) is 0 Å². The second kappa shape index (κ2) is 6.96. The van der Waals surface area contributed by atoms with E-state index in [1.165, 1.54) is 0 Å². The van der Waals surface area contributed by atoms with Gasteiger partial charge in [0.15, 0.2) is 5.76 Å². The number of rotatable bonds is 4. The summed E-state index contributed by atoms with van der Waals surface area (Å²) in [7, 11) is 0. The third-order valence-corrected chi connectivity index (χ3v) is 3.50. The van der Waals surface area contributed by atoms with E-state index >= 15 is 0 Å². The van der Waals surface area contributed by atoms with Crippen molar-refractivity contribution in [2.24, 2.45) is 0 Å². The van der Waals surface area contributed by atoms with Gasteiger partial charge in [-0.2, -0.15) is 0 Å². The average Bonchev–Trinajstić information content (AvgIpc) is 2.91. The van der Waals surface area contributed by atoms with E-state index in [1.54, 1.807) is 37.3 Å². The van der Waals surface area contributed by atoms with Gasteiger partial charge in [0.1, 0.15) is 11.5 Å². The van der Waals surface area contributed by atoms with Crippen LogP contribution in [0, 0.1) is 0 Å². The van der Waals surface area contributed by atoms with Crippen molar-refractivity contribution in [2.75, 3.05) is 0 Å². The molecule has 0 fully saturated rings. The van der Waals surface area contributed by atoms with E-state index in [4.69, 9.17) is 9.47 Å². The van der Waals surface area contributed by atoms with Crippen molar-refractivity contribution in [3.8, 4) is 11.5 Å². The number of hydrogen-bond donors (Lipinski definition) is 0. The molecule has 24 heavy (non-hydrogen) atoms. The highest BCUT2D eigenvalue weighted by Gasteiger charge is 2.27. The van der Waals surface area contributed by atoms with Crippen molar-refractivity contribution in [1.29, 1.82) is 0 Å². The lowest BCUT2D eigenvalue weighted by atomic mass is 10.1. The fourth-order valence-electron chi connectivity index (χ4n) is 2.26. The molecule has 0 aromatic heterocycles. The van der Waals surface area contributed by atoms with E-state index in [1.807, 2.05) is 36.4 Å². The maximum atomic E-state index is 12.3. The van der Waals surface area contributed by atoms with Crippen LogP contribution >= 0.6 is 0 Å². The zero-order valence-electron chi connectivity index (χ0n) is 13.2. The number of carbonyl (C=O) groups excluding carboxylic acids is 2. The van der Waals surface area contributed by atoms with Crippen LogP contribution in [0.4, 0.5) is 0 Å². The highest BCUT2D eigenvalue weighted by atomic mass is 16.5. The summed E-state index contributed by atoms with van der Waals surface area (Å²) in [5.41, 5.74) is 1.50. The maximum absolute atomic E-state index is 12.3. The molecule has 0 atom stereocenters. The molecule has 4 heteroatoms. The van der Waals surface area contributed by atoms with Gasteiger partial charge >= 0.3 is 5.97 Å². The van der Waals surface area contributed by atoms with Crippen molar-refractivity contribution < 1.29 is 19.1 Å². The maximum Gasteiger partial charge on any atom is 0.310 e. The molecular formula is C20H16O4. The minimum atomic E-state index is -0.333. The van der Waals surface area contributed by atoms with Crippen LogP contribution in [0.5, 0.6) is 11.5 Å². The molecule has 0 radical (unpaired) electrons. The van der Waals surface area contributed by atoms with Crippen LogP contribution in [0.3, 0.4) is 0 Å². The Morgan fingerprint density at radius 3 is 2.71 bits per heavy atom. The van der Waals surface area contributed by atoms with Crippen molar-refractivity contribution in [2.45, 2.75) is 13.3 Å². The van der Waals surface area contributed by atoms with E-state index in [0.29, 0.717) is 17.1 Å². The van der Waals surface area contributed by atoms with E-state index in [0.717, 1.165) is 5.56 Å². The lowest BCUT2D eigenvalue weighted by Crippen LogP contribution is -2.05. The molecule has 2 aromatic carbocycles. The first kappa shape index (κ1) is 15.7. The number of allylic oxidation sites excluding steroid dienone is 3. The topological polar surface area (TPSA) is 52.6 Å². The van der Waals surface area contributed by atoms with Crippen molar-refractivity contribution >= 4 is 17.8 Å². The Morgan fingerprint density at radius 2 is 1.96 bits per heavy atom. The summed E-state index contributed by atoms with van der Waals surface area (Å²) in [5.74, 6) is 0.503. The number of esters is 1. The van der Waals surface area contributed by atoms with Crippen LogP contribution in [-0.4, -0.2) is 11.8 Å². The smallest absolute Gasteiger partial charge is 0.310 e. The second-order valence-electron chi connectivity index (χ2n) is 5.22. The third-order valence-electron chi connectivity index (χ3n) is 3.50. The van der Waals surface area contributed by atoms with E-state index in [2.05, 4.69) is 0 Å². The van der Waals surface area contributed by atoms with E-state index < -0.39 is 0 Å². The molecular weight excluding hydrogens is 304 g/mol. The Kier molecular flexibility index (Phi) is 4.57. The molecule has 0 spiro atoms. The molecule has 0 unspecified atom stereocenters. The predicted molar refractivity (Wildman–Crippen MR) is 90.9 cm³/mol. The number of ether oxygens (including phenoxy) is 2. The van der Waals surface area contributed by atoms with Crippen LogP contribution in [-0.2, 0) is 4.79 Å². The fraction of sp³-hybridized carbons (Fsp3) is 0.100. The summed E-state index contributed by atoms with van der Waals surface area (Å²) < 4.78 is 10.7. The first-order valence-corrected chi connectivity index (χ1v) is 7.68. The molecule has 4 nitrogen and oxygen atoms in total. The summed E-state index contributed by atoms with van der Waals surface area (Å²) >= 11 is 0. The predicted octanol–water partition coefficient (Wildman–Crippen LogP) is 4.17. The average molecular weight is 320 g/mol. The lowest BCUT2D eigenvalue weighted by molar-refractivity contribution is -0.134. The monoisotopic (exact) mass is 320 g/mol. The third kappa shape index (κ3) is 3.43. The van der Waals surface area contributed by atoms with Gasteiger partial charge in [-0.15, -0.1) is 0 Å². The summed E-state index contributed by atoms with van der Waals surface area (Å²) in [6, 6.07) is 14.5. The fourth-order valence-corrected chi connectivity index (χ4v) is 2.26. The van der Waals surface area contributed by atoms with Gasteiger partial charge in [-0.25, -0.2) is 0 Å². The SMILES string of the molecule is CCC(=O)Oc1ccc2c(c1)OC(=CC=Cc1ccccc1)C2=O. The summed E-state index contributed by atoms with van der Waals surface area (Å²) in [4.78, 5) is 23.6. The van der Waals surface area contributed by atoms with E-state index in [-0.39, 0.29) is 23.9 Å². The second-order valence-corrected chi connectivity index (χ2v) is 5.22. The standard InChI is InChI=1S/C20H16O4/c1-2-19(21)23-15-11-12-16-18(13-15)24-17(20(16)22)10-6-9-14-7-4-3-5-8-14/h3-13H,2H2,1H3. The number of carbonyl (C=O) groups is 2. The van der Waals surface area contributed by atoms with Gasteiger partial charge in [-0.1, -0.05) is 49.4 Å². The van der Waals surface area contributed by atoms with Crippen molar-refractivity contribution in [3.63, 3.8) is 0 Å². The zero-order valence-corrected chi connectivity index (χ0v) is 13.2. The van der Waals surface area contributed by atoms with Gasteiger partial charge in [0, 0.05) is 12.5 Å². The quantitative estimate of drug-likeness (QED) is 0.482.